The molecule has 5 heteroatoms. The molecule has 0 saturated heterocycles. The molecule has 0 aliphatic heterocycles. The van der Waals surface area contributed by atoms with E-state index in [9.17, 15) is 0 Å². The summed E-state index contributed by atoms with van der Waals surface area (Å²) in [6.07, 6.45) is 0. The van der Waals surface area contributed by atoms with Gasteiger partial charge in [0.1, 0.15) is 0 Å². The van der Waals surface area contributed by atoms with E-state index < -0.39 is 18.1 Å². The number of hydrogen-bond donors (Lipinski definition) is 0. The molecule has 97 valence electrons. The van der Waals surface area contributed by atoms with Crippen molar-refractivity contribution < 1.29 is 7.06 Å². The molecular weight excluding hydrogens is 274 g/mol. The molecule has 0 unspecified atom stereocenters. The Morgan fingerprint density at radius 1 is 1.12 bits per heavy atom. The average molecular weight is 298 g/mol. The zero-order valence-corrected chi connectivity index (χ0v) is 14.0. The third-order valence-corrected chi connectivity index (χ3v) is 3.47. The molecule has 0 atom stereocenters. The summed E-state index contributed by atoms with van der Waals surface area (Å²) in [6.45, 7) is 13.5. The molecule has 17 heavy (non-hydrogen) atoms. The Labute approximate surface area is 114 Å². The number of hydrogen-bond acceptors (Lipinski definition) is 4. The van der Waals surface area contributed by atoms with Crippen LogP contribution in [-0.2, 0) is 7.06 Å². The molecule has 0 rings (SSSR count). The van der Waals surface area contributed by atoms with Crippen LogP contribution in [0.2, 0.25) is 0 Å². The van der Waals surface area contributed by atoms with Gasteiger partial charge >= 0.3 is 114 Å². The molecule has 0 aromatic rings. The van der Waals surface area contributed by atoms with Crippen LogP contribution >= 0.6 is 0 Å². The van der Waals surface area contributed by atoms with Crippen molar-refractivity contribution in [2.75, 3.05) is 47.4 Å². The minimum absolute atomic E-state index is 0.766. The molecule has 4 nitrogen and oxygen atoms in total. The van der Waals surface area contributed by atoms with Crippen LogP contribution in [0.5, 0.6) is 0 Å². The molecule has 0 aliphatic rings. The fraction of sp³-hybridized carbons (Fsp3) is 0.667. The van der Waals surface area contributed by atoms with E-state index in [1.54, 1.807) is 7.11 Å². The normalized spacial score (nSPS) is 10.7. The van der Waals surface area contributed by atoms with Crippen molar-refractivity contribution in [3.05, 3.63) is 24.5 Å². The van der Waals surface area contributed by atoms with E-state index in [-0.39, 0.29) is 0 Å². The summed E-state index contributed by atoms with van der Waals surface area (Å²) in [4.78, 5) is 4.46. The Morgan fingerprint density at radius 2 is 1.65 bits per heavy atom. The molecule has 0 aliphatic carbocycles. The fourth-order valence-electron chi connectivity index (χ4n) is 1.41. The summed E-state index contributed by atoms with van der Waals surface area (Å²) < 4.78 is 10.4. The monoisotopic (exact) mass is 297 g/mol. The van der Waals surface area contributed by atoms with Crippen LogP contribution in [0, 0.1) is 0 Å². The molecule has 0 spiro atoms. The predicted molar refractivity (Wildman–Crippen MR) is 72.8 cm³/mol. The Bertz CT molecular complexity index is 247. The van der Waals surface area contributed by atoms with E-state index in [0.29, 0.717) is 0 Å². The van der Waals surface area contributed by atoms with E-state index >= 15 is 0 Å². The van der Waals surface area contributed by atoms with E-state index in [1.165, 1.54) is 5.57 Å². The first-order valence-electron chi connectivity index (χ1n) is 5.66. The number of rotatable bonds is 10. The first-order valence-corrected chi connectivity index (χ1v) is 7.64. The summed E-state index contributed by atoms with van der Waals surface area (Å²) >= 11 is -1.00. The first kappa shape index (κ1) is 16.8. The molecule has 0 bridgehead atoms. The van der Waals surface area contributed by atoms with E-state index in [0.717, 1.165) is 31.9 Å². The number of nitrogens with zero attached hydrogens (tertiary/aromatic N) is 2. The molecule has 0 heterocycles. The van der Waals surface area contributed by atoms with Crippen LogP contribution < -0.4 is 0 Å². The fourth-order valence-corrected chi connectivity index (χ4v) is 2.06. The Morgan fingerprint density at radius 3 is 2.12 bits per heavy atom. The molecular formula is C12H24GaN2O2. The molecule has 1 radical (unpaired) electrons. The first-order chi connectivity index (χ1) is 7.95. The Hall–Kier alpha value is -0.204. The van der Waals surface area contributed by atoms with Crippen molar-refractivity contribution >= 4 is 18.1 Å². The molecule has 0 saturated carbocycles. The molecule has 0 amide bonds. The van der Waals surface area contributed by atoms with Crippen molar-refractivity contribution in [2.45, 2.75) is 6.92 Å². The Balaban J connectivity index is 3.67. The quantitative estimate of drug-likeness (QED) is 0.343. The maximum atomic E-state index is 5.40. The van der Waals surface area contributed by atoms with Crippen LogP contribution in [-0.4, -0.2) is 75.3 Å². The molecule has 0 N–H and O–H groups in total. The zero-order valence-electron chi connectivity index (χ0n) is 11.5. The predicted octanol–water partition coefficient (Wildman–Crippen LogP) is 1.14. The van der Waals surface area contributed by atoms with Crippen molar-refractivity contribution in [3.63, 3.8) is 0 Å². The Kier molecular flexibility index (Phi) is 9.67. The van der Waals surface area contributed by atoms with Crippen molar-refractivity contribution in [3.8, 4) is 0 Å². The van der Waals surface area contributed by atoms with Gasteiger partial charge < -0.3 is 0 Å². The topological polar surface area (TPSA) is 24.9 Å². The van der Waals surface area contributed by atoms with Crippen LogP contribution in [0.25, 0.3) is 0 Å². The average Bonchev–Trinajstić information content (AvgIpc) is 2.22. The van der Waals surface area contributed by atoms with Gasteiger partial charge in [-0.2, -0.15) is 0 Å². The van der Waals surface area contributed by atoms with Crippen LogP contribution in [0.15, 0.2) is 24.5 Å². The standard InChI is InChI=1S/C11H22N2O.CH3O.Ga/c1-10(2)8-12(4)6-7-13(5)9-11(3)14;1-2;/h14H,1,3,6-9H2,2,4-5H3;1H3;/q;-1;+2/p-1. The second-order valence-electron chi connectivity index (χ2n) is 4.42. The maximum absolute atomic E-state index is 5.40. The van der Waals surface area contributed by atoms with Gasteiger partial charge in [0.25, 0.3) is 0 Å². The van der Waals surface area contributed by atoms with Gasteiger partial charge in [-0.05, 0) is 0 Å². The van der Waals surface area contributed by atoms with Crippen LogP contribution in [0.1, 0.15) is 6.92 Å². The van der Waals surface area contributed by atoms with Gasteiger partial charge in [0.05, 0.1) is 0 Å². The summed E-state index contributed by atoms with van der Waals surface area (Å²) in [5.74, 6) is 0.803. The molecule has 0 aromatic carbocycles. The van der Waals surface area contributed by atoms with Crippen molar-refractivity contribution in [2.24, 2.45) is 0 Å². The molecule has 0 fully saturated rings. The van der Waals surface area contributed by atoms with E-state index in [4.69, 9.17) is 7.06 Å². The summed E-state index contributed by atoms with van der Waals surface area (Å²) in [7, 11) is 5.84. The van der Waals surface area contributed by atoms with Crippen LogP contribution in [0.3, 0.4) is 0 Å². The van der Waals surface area contributed by atoms with Gasteiger partial charge in [0, 0.05) is 0 Å². The third kappa shape index (κ3) is 10.7. The second kappa shape index (κ2) is 9.79. The summed E-state index contributed by atoms with van der Waals surface area (Å²) in [5.41, 5.74) is 1.19. The minimum atomic E-state index is -1.00. The van der Waals surface area contributed by atoms with Gasteiger partial charge in [-0.25, -0.2) is 0 Å². The van der Waals surface area contributed by atoms with Crippen LogP contribution in [0.4, 0.5) is 0 Å². The molecule has 0 aromatic heterocycles. The number of likely N-dealkylation sites (N-methyl/N-ethyl adjacent to an activating group) is 2. The summed E-state index contributed by atoms with van der Waals surface area (Å²) in [5, 5.41) is 0. The van der Waals surface area contributed by atoms with E-state index in [1.807, 2.05) is 6.92 Å². The van der Waals surface area contributed by atoms with E-state index in [2.05, 4.69) is 37.1 Å². The van der Waals surface area contributed by atoms with Crippen molar-refractivity contribution in [1.29, 1.82) is 0 Å². The SMILES string of the molecule is C=C(C)CN(C)CCN(C)CC(=C)[O][Ga][O]C. The zero-order chi connectivity index (χ0) is 13.3. The summed E-state index contributed by atoms with van der Waals surface area (Å²) in [6, 6.07) is 0. The van der Waals surface area contributed by atoms with Gasteiger partial charge in [-0.3, -0.25) is 0 Å². The van der Waals surface area contributed by atoms with Gasteiger partial charge in [0.2, 0.25) is 0 Å². The third-order valence-electron chi connectivity index (χ3n) is 2.16. The van der Waals surface area contributed by atoms with Gasteiger partial charge in [-0.1, -0.05) is 0 Å². The van der Waals surface area contributed by atoms with Gasteiger partial charge in [0.15, 0.2) is 0 Å². The van der Waals surface area contributed by atoms with Crippen molar-refractivity contribution in [1.82, 2.24) is 9.80 Å². The van der Waals surface area contributed by atoms with Gasteiger partial charge in [-0.15, -0.1) is 0 Å². The second-order valence-corrected chi connectivity index (χ2v) is 6.31.